The Bertz CT molecular complexity index is 553. The molecule has 0 bridgehead atoms. The van der Waals surface area contributed by atoms with Crippen molar-refractivity contribution in [1.82, 2.24) is 5.06 Å². The first-order valence-corrected chi connectivity index (χ1v) is 8.78. The lowest BCUT2D eigenvalue weighted by Crippen LogP contribution is -2.59. The number of benzene rings is 1. The van der Waals surface area contributed by atoms with Gasteiger partial charge in [-0.3, -0.25) is 14.4 Å². The number of rotatable bonds is 10. The highest BCUT2D eigenvalue weighted by Gasteiger charge is 2.41. The number of hydrogen-bond acceptors (Lipinski definition) is 6. The van der Waals surface area contributed by atoms with E-state index in [1.807, 2.05) is 58.0 Å². The monoisotopic (exact) mass is 365 g/mol. The average Bonchev–Trinajstić information content (AvgIpc) is 2.56. The summed E-state index contributed by atoms with van der Waals surface area (Å²) >= 11 is 0. The summed E-state index contributed by atoms with van der Waals surface area (Å²) in [6.07, 6.45) is 0.741. The zero-order valence-electron chi connectivity index (χ0n) is 16.7. The van der Waals surface area contributed by atoms with Gasteiger partial charge in [0.05, 0.1) is 17.7 Å². The number of esters is 2. The van der Waals surface area contributed by atoms with Crippen molar-refractivity contribution in [2.24, 2.45) is 0 Å². The molecule has 0 spiro atoms. The van der Waals surface area contributed by atoms with E-state index in [9.17, 15) is 9.59 Å². The standard InChI is InChI=1S/C20H31NO5/c1-16(22)24-14-19(3,4)21(20(5,6)15-25-17(2)23)26-13-12-18-10-8-7-9-11-18/h7-11H,12-15H2,1-6H3. The van der Waals surface area contributed by atoms with Crippen LogP contribution in [0, 0.1) is 0 Å². The van der Waals surface area contributed by atoms with Gasteiger partial charge in [-0.15, -0.1) is 0 Å². The van der Waals surface area contributed by atoms with Gasteiger partial charge in [0.25, 0.3) is 0 Å². The van der Waals surface area contributed by atoms with Gasteiger partial charge < -0.3 is 9.47 Å². The minimum absolute atomic E-state index is 0.164. The molecule has 0 unspecified atom stereocenters. The van der Waals surface area contributed by atoms with Gasteiger partial charge in [-0.25, -0.2) is 0 Å². The first-order valence-electron chi connectivity index (χ1n) is 8.78. The van der Waals surface area contributed by atoms with E-state index in [4.69, 9.17) is 14.3 Å². The molecule has 0 aliphatic rings. The summed E-state index contributed by atoms with van der Waals surface area (Å²) in [4.78, 5) is 28.5. The lowest BCUT2D eigenvalue weighted by molar-refractivity contribution is -0.279. The summed E-state index contributed by atoms with van der Waals surface area (Å²) in [5.41, 5.74) is -0.0408. The zero-order chi connectivity index (χ0) is 19.8. The van der Waals surface area contributed by atoms with Crippen LogP contribution in [0.2, 0.25) is 0 Å². The molecule has 1 rings (SSSR count). The lowest BCUT2D eigenvalue weighted by Gasteiger charge is -2.46. The Morgan fingerprint density at radius 1 is 0.885 bits per heavy atom. The average molecular weight is 365 g/mol. The van der Waals surface area contributed by atoms with Crippen molar-refractivity contribution < 1.29 is 23.9 Å². The number of carbonyl (C=O) groups is 2. The van der Waals surface area contributed by atoms with E-state index in [0.29, 0.717) is 6.61 Å². The summed E-state index contributed by atoms with van der Waals surface area (Å²) < 4.78 is 10.4. The zero-order valence-corrected chi connectivity index (χ0v) is 16.7. The molecular formula is C20H31NO5. The van der Waals surface area contributed by atoms with Gasteiger partial charge in [-0.05, 0) is 39.7 Å². The van der Waals surface area contributed by atoms with Crippen LogP contribution in [0.4, 0.5) is 0 Å². The van der Waals surface area contributed by atoms with E-state index in [2.05, 4.69) is 0 Å². The third-order valence-electron chi connectivity index (χ3n) is 3.81. The summed E-state index contributed by atoms with van der Waals surface area (Å²) in [5, 5.41) is 1.77. The Hall–Kier alpha value is -1.92. The summed E-state index contributed by atoms with van der Waals surface area (Å²) in [7, 11) is 0. The molecule has 146 valence electrons. The Balaban J connectivity index is 2.85. The van der Waals surface area contributed by atoms with Gasteiger partial charge in [-0.2, -0.15) is 5.06 Å². The predicted molar refractivity (Wildman–Crippen MR) is 99.4 cm³/mol. The molecule has 0 heterocycles. The molecule has 0 aliphatic carbocycles. The highest BCUT2D eigenvalue weighted by Crippen LogP contribution is 2.27. The topological polar surface area (TPSA) is 65.1 Å². The molecule has 0 saturated heterocycles. The van der Waals surface area contributed by atoms with Crippen LogP contribution in [0.1, 0.15) is 47.1 Å². The quantitative estimate of drug-likeness (QED) is 0.469. The van der Waals surface area contributed by atoms with Crippen LogP contribution in [0.25, 0.3) is 0 Å². The molecule has 0 N–H and O–H groups in total. The van der Waals surface area contributed by atoms with Crippen LogP contribution in [0.5, 0.6) is 0 Å². The van der Waals surface area contributed by atoms with Gasteiger partial charge in [-0.1, -0.05) is 30.3 Å². The molecule has 0 aliphatic heterocycles. The Kier molecular flexibility index (Phi) is 8.24. The normalized spacial score (nSPS) is 12.1. The molecule has 6 heteroatoms. The molecule has 1 aromatic rings. The molecule has 0 atom stereocenters. The number of hydrogen-bond donors (Lipinski definition) is 0. The first kappa shape index (κ1) is 22.1. The van der Waals surface area contributed by atoms with Gasteiger partial charge in [0, 0.05) is 13.8 Å². The summed E-state index contributed by atoms with van der Waals surface area (Å²) in [5.74, 6) is -0.694. The van der Waals surface area contributed by atoms with Crippen LogP contribution < -0.4 is 0 Å². The highest BCUT2D eigenvalue weighted by atomic mass is 16.7. The number of hydroxylamine groups is 2. The molecule has 0 radical (unpaired) electrons. The van der Waals surface area contributed by atoms with Crippen LogP contribution in [0.15, 0.2) is 30.3 Å². The maximum atomic E-state index is 11.2. The van der Waals surface area contributed by atoms with Gasteiger partial charge in [0.1, 0.15) is 13.2 Å². The molecule has 1 aromatic carbocycles. The Labute approximate surface area is 156 Å². The molecule has 26 heavy (non-hydrogen) atoms. The second kappa shape index (κ2) is 9.69. The van der Waals surface area contributed by atoms with Gasteiger partial charge in [0.15, 0.2) is 0 Å². The van der Waals surface area contributed by atoms with E-state index in [1.54, 1.807) is 5.06 Å². The minimum atomic E-state index is -0.605. The number of nitrogens with zero attached hydrogens (tertiary/aromatic N) is 1. The van der Waals surface area contributed by atoms with E-state index in [0.717, 1.165) is 6.42 Å². The second-order valence-electron chi connectivity index (χ2n) is 7.55. The maximum Gasteiger partial charge on any atom is 0.302 e. The first-order chi connectivity index (χ1) is 12.0. The summed E-state index contributed by atoms with van der Waals surface area (Å²) in [6.45, 7) is 11.2. The van der Waals surface area contributed by atoms with Gasteiger partial charge >= 0.3 is 11.9 Å². The van der Waals surface area contributed by atoms with Crippen molar-refractivity contribution in [3.8, 4) is 0 Å². The molecule has 0 saturated carbocycles. The maximum absolute atomic E-state index is 11.2. The number of ether oxygens (including phenoxy) is 2. The Morgan fingerprint density at radius 2 is 1.35 bits per heavy atom. The van der Waals surface area contributed by atoms with Crippen LogP contribution in [0.3, 0.4) is 0 Å². The highest BCUT2D eigenvalue weighted by molar-refractivity contribution is 5.66. The van der Waals surface area contributed by atoms with Crippen molar-refractivity contribution in [3.63, 3.8) is 0 Å². The molecule has 6 nitrogen and oxygen atoms in total. The fourth-order valence-electron chi connectivity index (χ4n) is 2.74. The summed E-state index contributed by atoms with van der Waals surface area (Å²) in [6, 6.07) is 10.0. The molecule has 0 aromatic heterocycles. The van der Waals surface area contributed by atoms with Crippen molar-refractivity contribution >= 4 is 11.9 Å². The van der Waals surface area contributed by atoms with Crippen molar-refractivity contribution in [1.29, 1.82) is 0 Å². The van der Waals surface area contributed by atoms with E-state index in [1.165, 1.54) is 19.4 Å². The van der Waals surface area contributed by atoms with E-state index >= 15 is 0 Å². The van der Waals surface area contributed by atoms with Crippen LogP contribution >= 0.6 is 0 Å². The number of carbonyl (C=O) groups excluding carboxylic acids is 2. The third-order valence-corrected chi connectivity index (χ3v) is 3.81. The van der Waals surface area contributed by atoms with Crippen LogP contribution in [-0.2, 0) is 30.3 Å². The molecule has 0 fully saturated rings. The van der Waals surface area contributed by atoms with Crippen molar-refractivity contribution in [2.45, 2.75) is 59.0 Å². The lowest BCUT2D eigenvalue weighted by atomic mass is 9.97. The molecular weight excluding hydrogens is 334 g/mol. The fourth-order valence-corrected chi connectivity index (χ4v) is 2.74. The molecule has 0 amide bonds. The van der Waals surface area contributed by atoms with E-state index in [-0.39, 0.29) is 25.2 Å². The van der Waals surface area contributed by atoms with Crippen molar-refractivity contribution in [2.75, 3.05) is 19.8 Å². The second-order valence-corrected chi connectivity index (χ2v) is 7.55. The third kappa shape index (κ3) is 7.54. The van der Waals surface area contributed by atoms with Crippen LogP contribution in [-0.4, -0.2) is 47.9 Å². The van der Waals surface area contributed by atoms with Crippen molar-refractivity contribution in [3.05, 3.63) is 35.9 Å². The van der Waals surface area contributed by atoms with Gasteiger partial charge in [0.2, 0.25) is 0 Å². The fraction of sp³-hybridized carbons (Fsp3) is 0.600. The smallest absolute Gasteiger partial charge is 0.302 e. The SMILES string of the molecule is CC(=O)OCC(C)(C)N(OCCc1ccccc1)C(C)(C)COC(C)=O. The van der Waals surface area contributed by atoms with E-state index < -0.39 is 11.1 Å². The Morgan fingerprint density at radius 3 is 1.77 bits per heavy atom. The predicted octanol–water partition coefficient (Wildman–Crippen LogP) is 3.15. The largest absolute Gasteiger partial charge is 0.464 e. The minimum Gasteiger partial charge on any atom is -0.464 e.